The topological polar surface area (TPSA) is 42.1 Å². The van der Waals surface area contributed by atoms with Gasteiger partial charge in [-0.25, -0.2) is 4.39 Å². The molecule has 1 saturated carbocycles. The van der Waals surface area contributed by atoms with Gasteiger partial charge in [-0.1, -0.05) is 0 Å². The third-order valence-electron chi connectivity index (χ3n) is 4.00. The molecule has 0 unspecified atom stereocenters. The van der Waals surface area contributed by atoms with Gasteiger partial charge in [-0.15, -0.1) is 0 Å². The van der Waals surface area contributed by atoms with E-state index in [9.17, 15) is 4.39 Å². The second-order valence-electron chi connectivity index (χ2n) is 4.91. The highest BCUT2D eigenvalue weighted by Crippen LogP contribution is 2.37. The van der Waals surface area contributed by atoms with Gasteiger partial charge in [0, 0.05) is 25.3 Å². The molecular weight excluding hydrogens is 205 g/mol. The summed E-state index contributed by atoms with van der Waals surface area (Å²) in [5.41, 5.74) is 6.81. The number of piperidine rings is 1. The van der Waals surface area contributed by atoms with Crippen LogP contribution >= 0.6 is 0 Å². The lowest BCUT2D eigenvalue weighted by Gasteiger charge is -2.37. The number of halogens is 1. The Bertz CT molecular complexity index is 382. The molecular formula is C12H16FN3. The number of hydrogen-bond donors (Lipinski definition) is 1. The number of nitrogens with zero attached hydrogens (tertiary/aromatic N) is 2. The Hall–Kier alpha value is -1.16. The molecule has 1 aromatic heterocycles. The number of pyridine rings is 1. The fraction of sp³-hybridized carbons (Fsp3) is 0.583. The molecule has 3 nitrogen and oxygen atoms in total. The standard InChI is InChI=1S/C12H16FN3/c13-10-5-15-4-3-11(10)16-6-8-1-2-9(7-16)12(8)14/h3-5,8-9,12H,1-2,6-7,14H2/t8-,9+,12+. The van der Waals surface area contributed by atoms with Crippen molar-refractivity contribution in [2.75, 3.05) is 18.0 Å². The fourth-order valence-electron chi connectivity index (χ4n) is 3.09. The Balaban J connectivity index is 1.86. The van der Waals surface area contributed by atoms with Crippen LogP contribution in [0.25, 0.3) is 0 Å². The predicted octanol–water partition coefficient (Wildman–Crippen LogP) is 1.39. The van der Waals surface area contributed by atoms with Gasteiger partial charge in [0.1, 0.15) is 0 Å². The molecule has 3 rings (SSSR count). The van der Waals surface area contributed by atoms with E-state index in [1.165, 1.54) is 19.0 Å². The maximum atomic E-state index is 13.6. The van der Waals surface area contributed by atoms with Crippen molar-refractivity contribution in [2.24, 2.45) is 17.6 Å². The van der Waals surface area contributed by atoms with E-state index < -0.39 is 0 Å². The summed E-state index contributed by atoms with van der Waals surface area (Å²) in [4.78, 5) is 5.91. The highest BCUT2D eigenvalue weighted by Gasteiger charge is 2.40. The van der Waals surface area contributed by atoms with Crippen molar-refractivity contribution in [1.29, 1.82) is 0 Å². The number of aromatic nitrogens is 1. The molecule has 86 valence electrons. The monoisotopic (exact) mass is 221 g/mol. The van der Waals surface area contributed by atoms with Gasteiger partial charge in [0.15, 0.2) is 5.82 Å². The van der Waals surface area contributed by atoms with E-state index in [1.807, 2.05) is 0 Å². The van der Waals surface area contributed by atoms with E-state index in [2.05, 4.69) is 9.88 Å². The Morgan fingerprint density at radius 3 is 2.62 bits per heavy atom. The summed E-state index contributed by atoms with van der Waals surface area (Å²) in [5.74, 6) is 0.843. The van der Waals surface area contributed by atoms with Crippen molar-refractivity contribution in [2.45, 2.75) is 18.9 Å². The summed E-state index contributed by atoms with van der Waals surface area (Å²) in [5, 5.41) is 0. The summed E-state index contributed by atoms with van der Waals surface area (Å²) < 4.78 is 13.6. The third kappa shape index (κ3) is 1.48. The van der Waals surface area contributed by atoms with E-state index in [1.54, 1.807) is 12.3 Å². The van der Waals surface area contributed by atoms with Gasteiger partial charge in [0.2, 0.25) is 0 Å². The van der Waals surface area contributed by atoms with Gasteiger partial charge in [-0.3, -0.25) is 4.98 Å². The van der Waals surface area contributed by atoms with Crippen LogP contribution in [0.3, 0.4) is 0 Å². The van der Waals surface area contributed by atoms with E-state index in [0.29, 0.717) is 23.6 Å². The zero-order chi connectivity index (χ0) is 11.1. The average Bonchev–Trinajstić information content (AvgIpc) is 2.53. The molecule has 2 N–H and O–H groups in total. The van der Waals surface area contributed by atoms with Crippen LogP contribution < -0.4 is 10.6 Å². The minimum atomic E-state index is -0.225. The van der Waals surface area contributed by atoms with Gasteiger partial charge in [0.05, 0.1) is 11.9 Å². The van der Waals surface area contributed by atoms with Crippen molar-refractivity contribution in [3.63, 3.8) is 0 Å². The molecule has 1 aliphatic carbocycles. The summed E-state index contributed by atoms with van der Waals surface area (Å²) in [7, 11) is 0. The van der Waals surface area contributed by atoms with Crippen molar-refractivity contribution in [3.05, 3.63) is 24.3 Å². The molecule has 4 heteroatoms. The lowest BCUT2D eigenvalue weighted by Crippen LogP contribution is -2.49. The first-order valence-corrected chi connectivity index (χ1v) is 5.86. The number of anilines is 1. The lowest BCUT2D eigenvalue weighted by atomic mass is 9.93. The zero-order valence-corrected chi connectivity index (χ0v) is 9.14. The molecule has 0 radical (unpaired) electrons. The third-order valence-corrected chi connectivity index (χ3v) is 4.00. The Morgan fingerprint density at radius 1 is 1.31 bits per heavy atom. The summed E-state index contributed by atoms with van der Waals surface area (Å²) in [6.45, 7) is 1.78. The molecule has 0 amide bonds. The lowest BCUT2D eigenvalue weighted by molar-refractivity contribution is 0.354. The van der Waals surface area contributed by atoms with Crippen LogP contribution in [0.4, 0.5) is 10.1 Å². The molecule has 1 aromatic rings. The van der Waals surface area contributed by atoms with Crippen LogP contribution in [0.1, 0.15) is 12.8 Å². The van der Waals surface area contributed by atoms with Crippen LogP contribution in [0, 0.1) is 17.7 Å². The van der Waals surface area contributed by atoms with Gasteiger partial charge in [-0.05, 0) is 30.7 Å². The number of nitrogens with two attached hydrogens (primary N) is 1. The number of fused-ring (bicyclic) bond motifs is 2. The summed E-state index contributed by atoms with van der Waals surface area (Å²) >= 11 is 0. The van der Waals surface area contributed by atoms with Gasteiger partial charge >= 0.3 is 0 Å². The first kappa shape index (κ1) is 10.0. The van der Waals surface area contributed by atoms with E-state index >= 15 is 0 Å². The van der Waals surface area contributed by atoms with Crippen molar-refractivity contribution < 1.29 is 4.39 Å². The number of rotatable bonds is 1. The highest BCUT2D eigenvalue weighted by atomic mass is 19.1. The molecule has 16 heavy (non-hydrogen) atoms. The van der Waals surface area contributed by atoms with E-state index in [-0.39, 0.29) is 5.82 Å². The first-order chi connectivity index (χ1) is 7.75. The van der Waals surface area contributed by atoms with Crippen LogP contribution in [-0.4, -0.2) is 24.1 Å². The maximum absolute atomic E-state index is 13.6. The largest absolute Gasteiger partial charge is 0.368 e. The quantitative estimate of drug-likeness (QED) is 0.779. The van der Waals surface area contributed by atoms with Gasteiger partial charge < -0.3 is 10.6 Å². The molecule has 2 bridgehead atoms. The van der Waals surface area contributed by atoms with Crippen molar-refractivity contribution >= 4 is 5.69 Å². The molecule has 0 aromatic carbocycles. The first-order valence-electron chi connectivity index (χ1n) is 5.86. The molecule has 3 atom stereocenters. The van der Waals surface area contributed by atoms with E-state index in [0.717, 1.165) is 13.1 Å². The minimum Gasteiger partial charge on any atom is -0.368 e. The summed E-state index contributed by atoms with van der Waals surface area (Å²) in [6.07, 6.45) is 5.31. The van der Waals surface area contributed by atoms with Crippen LogP contribution in [0.2, 0.25) is 0 Å². The van der Waals surface area contributed by atoms with Crippen molar-refractivity contribution in [1.82, 2.24) is 4.98 Å². The predicted molar refractivity (Wildman–Crippen MR) is 60.6 cm³/mol. The average molecular weight is 221 g/mol. The molecule has 2 fully saturated rings. The smallest absolute Gasteiger partial charge is 0.164 e. The van der Waals surface area contributed by atoms with Crippen LogP contribution in [0.15, 0.2) is 18.5 Å². The van der Waals surface area contributed by atoms with Crippen molar-refractivity contribution in [3.8, 4) is 0 Å². The second-order valence-corrected chi connectivity index (χ2v) is 4.91. The molecule has 1 aliphatic heterocycles. The summed E-state index contributed by atoms with van der Waals surface area (Å²) in [6, 6.07) is 2.08. The van der Waals surface area contributed by atoms with Crippen LogP contribution in [-0.2, 0) is 0 Å². The normalized spacial score (nSPS) is 33.1. The van der Waals surface area contributed by atoms with E-state index in [4.69, 9.17) is 5.73 Å². The number of hydrogen-bond acceptors (Lipinski definition) is 3. The second kappa shape index (κ2) is 3.70. The maximum Gasteiger partial charge on any atom is 0.164 e. The SMILES string of the molecule is N[C@H]1[C@@H]2CC[C@H]1CN(c1ccncc1F)C2. The molecule has 2 aliphatic rings. The molecule has 1 saturated heterocycles. The minimum absolute atomic E-state index is 0.225. The Labute approximate surface area is 94.5 Å². The zero-order valence-electron chi connectivity index (χ0n) is 9.14. The highest BCUT2D eigenvalue weighted by molar-refractivity contribution is 5.47. The van der Waals surface area contributed by atoms with Gasteiger partial charge in [0.25, 0.3) is 0 Å². The molecule has 2 heterocycles. The fourth-order valence-corrected chi connectivity index (χ4v) is 3.09. The van der Waals surface area contributed by atoms with Gasteiger partial charge in [-0.2, -0.15) is 0 Å². The van der Waals surface area contributed by atoms with Crippen LogP contribution in [0.5, 0.6) is 0 Å². The Morgan fingerprint density at radius 2 is 2.00 bits per heavy atom. The Kier molecular flexibility index (Phi) is 2.32. The molecule has 0 spiro atoms.